The highest BCUT2D eigenvalue weighted by Crippen LogP contribution is 2.21. The lowest BCUT2D eigenvalue weighted by Gasteiger charge is -2.11. The van der Waals surface area contributed by atoms with Gasteiger partial charge in [-0.15, -0.1) is 0 Å². The van der Waals surface area contributed by atoms with Crippen LogP contribution in [0.1, 0.15) is 15.9 Å². The fourth-order valence-corrected chi connectivity index (χ4v) is 1.84. The van der Waals surface area contributed by atoms with Crippen LogP contribution in [0.2, 0.25) is 5.28 Å². The molecule has 0 spiro atoms. The van der Waals surface area contributed by atoms with E-state index in [1.165, 1.54) is 19.4 Å². The normalized spacial score (nSPS) is 10.2. The van der Waals surface area contributed by atoms with Crippen LogP contribution in [0.5, 0.6) is 5.75 Å². The third-order valence-corrected chi connectivity index (χ3v) is 2.92. The van der Waals surface area contributed by atoms with Crippen molar-refractivity contribution < 1.29 is 13.9 Å². The van der Waals surface area contributed by atoms with E-state index in [0.29, 0.717) is 5.56 Å². The number of nitrogens with two attached hydrogens (primary N) is 1. The maximum absolute atomic E-state index is 14.0. The molecule has 2 rings (SSSR count). The summed E-state index contributed by atoms with van der Waals surface area (Å²) in [5.41, 5.74) is 5.63. The summed E-state index contributed by atoms with van der Waals surface area (Å²) in [6.45, 7) is 0.0800. The maximum Gasteiger partial charge on any atom is 0.254 e. The molecule has 0 fully saturated rings. The molecule has 110 valence electrons. The minimum atomic E-state index is -0.708. The standard InChI is InChI=1S/C13H12ClFN4O2/c1-21-9-4-2-3-7(10(9)15)5-17-12-8(11(16)20)6-18-13(14)19-12/h2-4,6H,5H2,1H3,(H2,16,20)(H,17,18,19). The molecule has 1 amide bonds. The number of methoxy groups -OCH3 is 1. The van der Waals surface area contributed by atoms with Gasteiger partial charge in [0.1, 0.15) is 5.82 Å². The van der Waals surface area contributed by atoms with Crippen LogP contribution in [0.15, 0.2) is 24.4 Å². The number of hydrogen-bond donors (Lipinski definition) is 2. The number of ether oxygens (including phenoxy) is 1. The van der Waals surface area contributed by atoms with Gasteiger partial charge < -0.3 is 15.8 Å². The van der Waals surface area contributed by atoms with Gasteiger partial charge in [0, 0.05) is 18.3 Å². The van der Waals surface area contributed by atoms with Crippen LogP contribution in [-0.4, -0.2) is 23.0 Å². The zero-order chi connectivity index (χ0) is 15.4. The van der Waals surface area contributed by atoms with E-state index in [1.807, 2.05) is 0 Å². The second-order valence-corrected chi connectivity index (χ2v) is 4.39. The maximum atomic E-state index is 14.0. The van der Waals surface area contributed by atoms with Gasteiger partial charge in [0.15, 0.2) is 11.6 Å². The SMILES string of the molecule is COc1cccc(CNc2nc(Cl)ncc2C(N)=O)c1F. The van der Waals surface area contributed by atoms with E-state index in [0.717, 1.165) is 0 Å². The highest BCUT2D eigenvalue weighted by molar-refractivity contribution is 6.28. The van der Waals surface area contributed by atoms with Crippen molar-refractivity contribution in [2.45, 2.75) is 6.54 Å². The number of primary amides is 1. The van der Waals surface area contributed by atoms with Crippen LogP contribution in [0.3, 0.4) is 0 Å². The third kappa shape index (κ3) is 3.38. The molecule has 8 heteroatoms. The molecule has 0 saturated heterocycles. The van der Waals surface area contributed by atoms with Crippen LogP contribution < -0.4 is 15.8 Å². The number of aromatic nitrogens is 2. The van der Waals surface area contributed by atoms with Crippen molar-refractivity contribution in [1.29, 1.82) is 0 Å². The number of nitrogens with one attached hydrogen (secondary N) is 1. The first kappa shape index (κ1) is 15.0. The van der Waals surface area contributed by atoms with E-state index in [1.54, 1.807) is 12.1 Å². The van der Waals surface area contributed by atoms with E-state index >= 15 is 0 Å². The number of carbonyl (C=O) groups is 1. The molecule has 0 radical (unpaired) electrons. The highest BCUT2D eigenvalue weighted by atomic mass is 35.5. The van der Waals surface area contributed by atoms with Crippen molar-refractivity contribution in [1.82, 2.24) is 9.97 Å². The first-order valence-electron chi connectivity index (χ1n) is 5.90. The Morgan fingerprint density at radius 2 is 2.29 bits per heavy atom. The van der Waals surface area contributed by atoms with Gasteiger partial charge in [0.25, 0.3) is 5.91 Å². The van der Waals surface area contributed by atoms with Crippen molar-refractivity contribution in [2.24, 2.45) is 5.73 Å². The van der Waals surface area contributed by atoms with E-state index in [4.69, 9.17) is 22.1 Å². The summed E-state index contributed by atoms with van der Waals surface area (Å²) in [5.74, 6) is -0.927. The van der Waals surface area contributed by atoms with Crippen molar-refractivity contribution in [2.75, 3.05) is 12.4 Å². The largest absolute Gasteiger partial charge is 0.494 e. The number of carbonyl (C=O) groups excluding carboxylic acids is 1. The Bertz CT molecular complexity index is 681. The topological polar surface area (TPSA) is 90.1 Å². The quantitative estimate of drug-likeness (QED) is 0.824. The third-order valence-electron chi connectivity index (χ3n) is 2.73. The molecule has 0 aliphatic heterocycles. The van der Waals surface area contributed by atoms with Gasteiger partial charge in [-0.1, -0.05) is 12.1 Å². The van der Waals surface area contributed by atoms with Crippen molar-refractivity contribution >= 4 is 23.3 Å². The molecular formula is C13H12ClFN4O2. The van der Waals surface area contributed by atoms with Crippen LogP contribution in [0.25, 0.3) is 0 Å². The molecule has 0 aliphatic carbocycles. The Kier molecular flexibility index (Phi) is 4.54. The number of anilines is 1. The summed E-state index contributed by atoms with van der Waals surface area (Å²) < 4.78 is 18.9. The monoisotopic (exact) mass is 310 g/mol. The summed E-state index contributed by atoms with van der Waals surface area (Å²) in [7, 11) is 1.38. The summed E-state index contributed by atoms with van der Waals surface area (Å²) in [4.78, 5) is 18.8. The number of rotatable bonds is 5. The number of amides is 1. The Morgan fingerprint density at radius 1 is 1.52 bits per heavy atom. The van der Waals surface area contributed by atoms with Gasteiger partial charge in [0.2, 0.25) is 5.28 Å². The van der Waals surface area contributed by atoms with Gasteiger partial charge in [-0.3, -0.25) is 4.79 Å². The fourth-order valence-electron chi connectivity index (χ4n) is 1.70. The second-order valence-electron chi connectivity index (χ2n) is 4.05. The molecule has 21 heavy (non-hydrogen) atoms. The van der Waals surface area contributed by atoms with E-state index < -0.39 is 11.7 Å². The zero-order valence-electron chi connectivity index (χ0n) is 11.1. The van der Waals surface area contributed by atoms with Crippen LogP contribution >= 0.6 is 11.6 Å². The van der Waals surface area contributed by atoms with Gasteiger partial charge in [-0.05, 0) is 17.7 Å². The molecule has 0 saturated carbocycles. The van der Waals surface area contributed by atoms with Crippen LogP contribution in [0.4, 0.5) is 10.2 Å². The average Bonchev–Trinajstić information content (AvgIpc) is 2.46. The number of hydrogen-bond acceptors (Lipinski definition) is 5. The Balaban J connectivity index is 2.24. The molecule has 0 unspecified atom stereocenters. The van der Waals surface area contributed by atoms with Crippen molar-refractivity contribution in [3.05, 3.63) is 46.6 Å². The minimum absolute atomic E-state index is 0.0476. The smallest absolute Gasteiger partial charge is 0.254 e. The summed E-state index contributed by atoms with van der Waals surface area (Å²) in [5, 5.41) is 2.76. The van der Waals surface area contributed by atoms with Gasteiger partial charge in [-0.25, -0.2) is 9.37 Å². The fraction of sp³-hybridized carbons (Fsp3) is 0.154. The molecule has 2 aromatic rings. The molecule has 3 N–H and O–H groups in total. The number of nitrogens with zero attached hydrogens (tertiary/aromatic N) is 2. The predicted molar refractivity (Wildman–Crippen MR) is 75.8 cm³/mol. The van der Waals surface area contributed by atoms with Crippen molar-refractivity contribution in [3.8, 4) is 5.75 Å². The Morgan fingerprint density at radius 3 is 2.95 bits per heavy atom. The van der Waals surface area contributed by atoms with Crippen LogP contribution in [0, 0.1) is 5.82 Å². The Labute approximate surface area is 125 Å². The molecule has 0 atom stereocenters. The first-order valence-corrected chi connectivity index (χ1v) is 6.28. The highest BCUT2D eigenvalue weighted by Gasteiger charge is 2.13. The number of benzene rings is 1. The minimum Gasteiger partial charge on any atom is -0.494 e. The van der Waals surface area contributed by atoms with E-state index in [9.17, 15) is 9.18 Å². The van der Waals surface area contributed by atoms with Crippen molar-refractivity contribution in [3.63, 3.8) is 0 Å². The molecule has 1 aromatic carbocycles. The van der Waals surface area contributed by atoms with Gasteiger partial charge in [-0.2, -0.15) is 4.98 Å². The molecule has 1 aromatic heterocycles. The first-order chi connectivity index (χ1) is 10.0. The van der Waals surface area contributed by atoms with Gasteiger partial charge in [0.05, 0.1) is 12.7 Å². The molecule has 1 heterocycles. The zero-order valence-corrected chi connectivity index (χ0v) is 11.8. The summed E-state index contributed by atoms with van der Waals surface area (Å²) in [6, 6.07) is 4.74. The lowest BCUT2D eigenvalue weighted by atomic mass is 10.2. The second kappa shape index (κ2) is 6.36. The van der Waals surface area contributed by atoms with Gasteiger partial charge >= 0.3 is 0 Å². The molecular weight excluding hydrogens is 299 g/mol. The number of halogens is 2. The lowest BCUT2D eigenvalue weighted by molar-refractivity contribution is 0.100. The summed E-state index contributed by atoms with van der Waals surface area (Å²) >= 11 is 5.67. The molecule has 6 nitrogen and oxygen atoms in total. The van der Waals surface area contributed by atoms with E-state index in [-0.39, 0.29) is 29.0 Å². The lowest BCUT2D eigenvalue weighted by Crippen LogP contribution is -2.16. The average molecular weight is 311 g/mol. The molecule has 0 bridgehead atoms. The molecule has 0 aliphatic rings. The summed E-state index contributed by atoms with van der Waals surface area (Å²) in [6.07, 6.45) is 1.21. The van der Waals surface area contributed by atoms with E-state index in [2.05, 4.69) is 15.3 Å². The predicted octanol–water partition coefficient (Wildman–Crippen LogP) is 1.99. The Hall–Kier alpha value is -2.41. The van der Waals surface area contributed by atoms with Crippen LogP contribution in [-0.2, 0) is 6.54 Å².